The first kappa shape index (κ1) is 11.3. The summed E-state index contributed by atoms with van der Waals surface area (Å²) in [7, 11) is 0. The van der Waals surface area contributed by atoms with Gasteiger partial charge in [-0.2, -0.15) is 0 Å². The zero-order valence-electron chi connectivity index (χ0n) is 8.08. The molecule has 0 spiro atoms. The standard InChI is InChI=1S/C11H15ClO2/c12-10-5-4-6-11(9-10)14-8-3-1-2-7-13/h4-6,9,13H,1-3,7-8H2. The van der Waals surface area contributed by atoms with Crippen molar-refractivity contribution in [2.75, 3.05) is 13.2 Å². The highest BCUT2D eigenvalue weighted by atomic mass is 35.5. The molecule has 3 heteroatoms. The molecule has 0 aliphatic heterocycles. The fourth-order valence-corrected chi connectivity index (χ4v) is 1.32. The van der Waals surface area contributed by atoms with Crippen LogP contribution < -0.4 is 4.74 Å². The molecule has 0 bridgehead atoms. The molecular formula is C11H15ClO2. The molecule has 1 N–H and O–H groups in total. The van der Waals surface area contributed by atoms with E-state index in [1.165, 1.54) is 0 Å². The Bertz CT molecular complexity index is 263. The number of aliphatic hydroxyl groups excluding tert-OH is 1. The summed E-state index contributed by atoms with van der Waals surface area (Å²) < 4.78 is 5.47. The molecule has 0 unspecified atom stereocenters. The third-order valence-electron chi connectivity index (χ3n) is 1.87. The summed E-state index contributed by atoms with van der Waals surface area (Å²) in [6.07, 6.45) is 2.81. The van der Waals surface area contributed by atoms with Gasteiger partial charge in [0.2, 0.25) is 0 Å². The van der Waals surface area contributed by atoms with Gasteiger partial charge in [-0.25, -0.2) is 0 Å². The van der Waals surface area contributed by atoms with Crippen LogP contribution in [0.25, 0.3) is 0 Å². The van der Waals surface area contributed by atoms with Gasteiger partial charge in [0.25, 0.3) is 0 Å². The maximum absolute atomic E-state index is 8.56. The summed E-state index contributed by atoms with van der Waals surface area (Å²) in [6.45, 7) is 0.942. The fourth-order valence-electron chi connectivity index (χ4n) is 1.14. The molecule has 0 atom stereocenters. The Hall–Kier alpha value is -0.730. The largest absolute Gasteiger partial charge is 0.494 e. The molecule has 0 amide bonds. The van der Waals surface area contributed by atoms with E-state index in [1.807, 2.05) is 18.2 Å². The van der Waals surface area contributed by atoms with Gasteiger partial charge in [0, 0.05) is 11.6 Å². The molecule has 0 heterocycles. The van der Waals surface area contributed by atoms with Crippen molar-refractivity contribution in [3.63, 3.8) is 0 Å². The van der Waals surface area contributed by atoms with Crippen molar-refractivity contribution in [1.82, 2.24) is 0 Å². The van der Waals surface area contributed by atoms with Crippen molar-refractivity contribution in [3.8, 4) is 5.75 Å². The normalized spacial score (nSPS) is 10.1. The average molecular weight is 215 g/mol. The molecule has 2 nitrogen and oxygen atoms in total. The van der Waals surface area contributed by atoms with Crippen molar-refractivity contribution in [2.45, 2.75) is 19.3 Å². The van der Waals surface area contributed by atoms with Crippen LogP contribution in [0.3, 0.4) is 0 Å². The molecule has 1 aromatic carbocycles. The van der Waals surface area contributed by atoms with Gasteiger partial charge in [-0.15, -0.1) is 0 Å². The smallest absolute Gasteiger partial charge is 0.120 e. The summed E-state index contributed by atoms with van der Waals surface area (Å²) in [4.78, 5) is 0. The van der Waals surface area contributed by atoms with Crippen LogP contribution in [-0.2, 0) is 0 Å². The third kappa shape index (κ3) is 4.49. The van der Waals surface area contributed by atoms with Crippen molar-refractivity contribution in [3.05, 3.63) is 29.3 Å². The summed E-state index contributed by atoms with van der Waals surface area (Å²) in [5, 5.41) is 9.25. The van der Waals surface area contributed by atoms with Gasteiger partial charge in [-0.05, 0) is 37.5 Å². The topological polar surface area (TPSA) is 29.5 Å². The molecule has 0 fully saturated rings. The van der Waals surface area contributed by atoms with E-state index in [4.69, 9.17) is 21.4 Å². The van der Waals surface area contributed by atoms with E-state index in [9.17, 15) is 0 Å². The second kappa shape index (κ2) is 6.68. The van der Waals surface area contributed by atoms with Crippen molar-refractivity contribution >= 4 is 11.6 Å². The lowest BCUT2D eigenvalue weighted by molar-refractivity contribution is 0.266. The van der Waals surface area contributed by atoms with Gasteiger partial charge in [-0.1, -0.05) is 17.7 Å². The average Bonchev–Trinajstić information content (AvgIpc) is 2.18. The highest BCUT2D eigenvalue weighted by Gasteiger charge is 1.94. The number of benzene rings is 1. The van der Waals surface area contributed by atoms with Crippen LogP contribution in [0.15, 0.2) is 24.3 Å². The Kier molecular flexibility index (Phi) is 5.42. The molecule has 0 aliphatic rings. The van der Waals surface area contributed by atoms with E-state index in [-0.39, 0.29) is 6.61 Å². The van der Waals surface area contributed by atoms with Crippen LogP contribution in [0.5, 0.6) is 5.75 Å². The van der Waals surface area contributed by atoms with Crippen molar-refractivity contribution in [1.29, 1.82) is 0 Å². The summed E-state index contributed by atoms with van der Waals surface area (Å²) in [5.41, 5.74) is 0. The molecule has 0 aliphatic carbocycles. The Balaban J connectivity index is 2.18. The van der Waals surface area contributed by atoms with Gasteiger partial charge < -0.3 is 9.84 Å². The zero-order valence-corrected chi connectivity index (χ0v) is 8.83. The fraction of sp³-hybridized carbons (Fsp3) is 0.455. The third-order valence-corrected chi connectivity index (χ3v) is 2.10. The molecular weight excluding hydrogens is 200 g/mol. The van der Waals surface area contributed by atoms with Crippen LogP contribution in [0.1, 0.15) is 19.3 Å². The minimum atomic E-state index is 0.261. The second-order valence-corrected chi connectivity index (χ2v) is 3.53. The number of hydrogen-bond acceptors (Lipinski definition) is 2. The van der Waals surface area contributed by atoms with Gasteiger partial charge in [0.15, 0.2) is 0 Å². The van der Waals surface area contributed by atoms with Crippen LogP contribution in [0, 0.1) is 0 Å². The van der Waals surface area contributed by atoms with E-state index in [0.29, 0.717) is 11.6 Å². The lowest BCUT2D eigenvalue weighted by atomic mass is 10.2. The van der Waals surface area contributed by atoms with E-state index in [0.717, 1.165) is 25.0 Å². The van der Waals surface area contributed by atoms with Gasteiger partial charge in [0.1, 0.15) is 5.75 Å². The number of aliphatic hydroxyl groups is 1. The second-order valence-electron chi connectivity index (χ2n) is 3.09. The Labute approximate surface area is 89.5 Å². The van der Waals surface area contributed by atoms with Crippen LogP contribution in [0.2, 0.25) is 5.02 Å². The monoisotopic (exact) mass is 214 g/mol. The Morgan fingerprint density at radius 3 is 2.79 bits per heavy atom. The number of rotatable bonds is 6. The van der Waals surface area contributed by atoms with E-state index >= 15 is 0 Å². The van der Waals surface area contributed by atoms with Crippen LogP contribution in [-0.4, -0.2) is 18.3 Å². The first-order valence-electron chi connectivity index (χ1n) is 4.82. The van der Waals surface area contributed by atoms with Gasteiger partial charge >= 0.3 is 0 Å². The predicted molar refractivity (Wildman–Crippen MR) is 57.9 cm³/mol. The van der Waals surface area contributed by atoms with Gasteiger partial charge in [0.05, 0.1) is 6.61 Å². The molecule has 0 saturated carbocycles. The molecule has 14 heavy (non-hydrogen) atoms. The summed E-state index contributed by atoms with van der Waals surface area (Å²) in [6, 6.07) is 7.37. The van der Waals surface area contributed by atoms with Crippen LogP contribution in [0.4, 0.5) is 0 Å². The minimum Gasteiger partial charge on any atom is -0.494 e. The molecule has 1 aromatic rings. The molecule has 0 saturated heterocycles. The molecule has 78 valence electrons. The first-order chi connectivity index (χ1) is 6.83. The molecule has 0 aromatic heterocycles. The van der Waals surface area contributed by atoms with E-state index in [2.05, 4.69) is 0 Å². The number of ether oxygens (including phenoxy) is 1. The quantitative estimate of drug-likeness (QED) is 0.738. The van der Waals surface area contributed by atoms with E-state index in [1.54, 1.807) is 6.07 Å². The minimum absolute atomic E-state index is 0.261. The highest BCUT2D eigenvalue weighted by molar-refractivity contribution is 6.30. The van der Waals surface area contributed by atoms with Crippen LogP contribution >= 0.6 is 11.6 Å². The summed E-state index contributed by atoms with van der Waals surface area (Å²) in [5.74, 6) is 0.807. The number of unbranched alkanes of at least 4 members (excludes halogenated alkanes) is 2. The lowest BCUT2D eigenvalue weighted by Crippen LogP contribution is -1.97. The number of hydrogen-bond donors (Lipinski definition) is 1. The molecule has 0 radical (unpaired) electrons. The Morgan fingerprint density at radius 2 is 2.07 bits per heavy atom. The number of halogens is 1. The van der Waals surface area contributed by atoms with Crippen molar-refractivity contribution in [2.24, 2.45) is 0 Å². The Morgan fingerprint density at radius 1 is 1.21 bits per heavy atom. The summed E-state index contributed by atoms with van der Waals surface area (Å²) >= 11 is 5.79. The van der Waals surface area contributed by atoms with Gasteiger partial charge in [-0.3, -0.25) is 0 Å². The maximum Gasteiger partial charge on any atom is 0.120 e. The van der Waals surface area contributed by atoms with E-state index < -0.39 is 0 Å². The molecule has 1 rings (SSSR count). The van der Waals surface area contributed by atoms with Crippen molar-refractivity contribution < 1.29 is 9.84 Å². The highest BCUT2D eigenvalue weighted by Crippen LogP contribution is 2.17. The SMILES string of the molecule is OCCCCCOc1cccc(Cl)c1. The first-order valence-corrected chi connectivity index (χ1v) is 5.20. The zero-order chi connectivity index (χ0) is 10.2. The lowest BCUT2D eigenvalue weighted by Gasteiger charge is -2.05. The predicted octanol–water partition coefficient (Wildman–Crippen LogP) is 2.88. The maximum atomic E-state index is 8.56.